The van der Waals surface area contributed by atoms with E-state index in [1.54, 1.807) is 0 Å². The minimum atomic E-state index is 0.156. The van der Waals surface area contributed by atoms with Gasteiger partial charge in [0.1, 0.15) is 5.75 Å². The molecule has 2 nitrogen and oxygen atoms in total. The van der Waals surface area contributed by atoms with Crippen LogP contribution >= 0.6 is 15.9 Å². The highest BCUT2D eigenvalue weighted by Gasteiger charge is 2.05. The minimum absolute atomic E-state index is 0.156. The normalized spacial score (nSPS) is 10.4. The van der Waals surface area contributed by atoms with Crippen molar-refractivity contribution in [1.82, 2.24) is 0 Å². The van der Waals surface area contributed by atoms with E-state index in [2.05, 4.69) is 15.9 Å². The maximum atomic E-state index is 11.5. The van der Waals surface area contributed by atoms with Gasteiger partial charge in [-0.25, -0.2) is 0 Å². The van der Waals surface area contributed by atoms with E-state index in [0.717, 1.165) is 11.3 Å². The van der Waals surface area contributed by atoms with Crippen LogP contribution in [0, 0.1) is 0 Å². The lowest BCUT2D eigenvalue weighted by Crippen LogP contribution is -2.06. The predicted octanol–water partition coefficient (Wildman–Crippen LogP) is 3.44. The molecular formula is C12H15BrO2. The summed E-state index contributed by atoms with van der Waals surface area (Å²) in [6.45, 7) is 3.95. The van der Waals surface area contributed by atoms with E-state index in [0.29, 0.717) is 11.8 Å². The summed E-state index contributed by atoms with van der Waals surface area (Å²) < 4.78 is 5.49. The molecule has 0 radical (unpaired) electrons. The van der Waals surface area contributed by atoms with E-state index in [-0.39, 0.29) is 11.9 Å². The molecule has 0 fully saturated rings. The molecule has 0 saturated heterocycles. The Morgan fingerprint density at radius 3 is 2.40 bits per heavy atom. The monoisotopic (exact) mass is 270 g/mol. The first-order valence-corrected chi connectivity index (χ1v) is 6.11. The molecule has 0 saturated carbocycles. The fourth-order valence-corrected chi connectivity index (χ4v) is 1.58. The van der Waals surface area contributed by atoms with E-state index in [9.17, 15) is 4.79 Å². The topological polar surface area (TPSA) is 26.3 Å². The van der Waals surface area contributed by atoms with Gasteiger partial charge in [-0.05, 0) is 38.1 Å². The largest absolute Gasteiger partial charge is 0.491 e. The Morgan fingerprint density at radius 1 is 1.33 bits per heavy atom. The number of ether oxygens (including phenoxy) is 1. The van der Waals surface area contributed by atoms with Crippen LogP contribution in [0.4, 0.5) is 0 Å². The third-order valence-corrected chi connectivity index (χ3v) is 2.27. The number of carbonyl (C=O) groups excluding carboxylic acids is 1. The molecule has 0 unspecified atom stereocenters. The smallest absolute Gasteiger partial charge is 0.163 e. The quantitative estimate of drug-likeness (QED) is 0.605. The summed E-state index contributed by atoms with van der Waals surface area (Å²) in [7, 11) is 0. The average molecular weight is 271 g/mol. The molecule has 0 aromatic heterocycles. The van der Waals surface area contributed by atoms with Crippen LogP contribution in [-0.2, 0) is 0 Å². The van der Waals surface area contributed by atoms with Crippen LogP contribution in [0.25, 0.3) is 0 Å². The van der Waals surface area contributed by atoms with Gasteiger partial charge in [-0.3, -0.25) is 4.79 Å². The number of hydrogen-bond donors (Lipinski definition) is 0. The first kappa shape index (κ1) is 12.2. The molecule has 0 N–H and O–H groups in total. The van der Waals surface area contributed by atoms with Gasteiger partial charge < -0.3 is 4.74 Å². The third-order valence-electron chi connectivity index (χ3n) is 1.87. The summed E-state index contributed by atoms with van der Waals surface area (Å²) in [5.74, 6) is 0.961. The summed E-state index contributed by atoms with van der Waals surface area (Å²) in [5.41, 5.74) is 0.741. The van der Waals surface area contributed by atoms with Crippen LogP contribution in [0.1, 0.15) is 30.6 Å². The first-order valence-electron chi connectivity index (χ1n) is 4.99. The molecule has 0 amide bonds. The predicted molar refractivity (Wildman–Crippen MR) is 64.9 cm³/mol. The van der Waals surface area contributed by atoms with Crippen molar-refractivity contribution >= 4 is 21.7 Å². The molecule has 15 heavy (non-hydrogen) atoms. The number of Topliss-reactive ketones (excluding diaryl/α,β-unsaturated/α-hetero) is 1. The van der Waals surface area contributed by atoms with Crippen molar-refractivity contribution in [3.8, 4) is 5.75 Å². The summed E-state index contributed by atoms with van der Waals surface area (Å²) >= 11 is 3.25. The van der Waals surface area contributed by atoms with Crippen LogP contribution < -0.4 is 4.74 Å². The maximum Gasteiger partial charge on any atom is 0.163 e. The minimum Gasteiger partial charge on any atom is -0.491 e. The molecular weight excluding hydrogens is 256 g/mol. The summed E-state index contributed by atoms with van der Waals surface area (Å²) in [5, 5.41) is 0.704. The number of hydrogen-bond acceptors (Lipinski definition) is 2. The van der Waals surface area contributed by atoms with Crippen molar-refractivity contribution in [3.63, 3.8) is 0 Å². The van der Waals surface area contributed by atoms with Crippen molar-refractivity contribution in [2.75, 3.05) is 5.33 Å². The van der Waals surface area contributed by atoms with E-state index >= 15 is 0 Å². The van der Waals surface area contributed by atoms with Crippen molar-refractivity contribution in [3.05, 3.63) is 29.8 Å². The fourth-order valence-electron chi connectivity index (χ4n) is 1.22. The standard InChI is InChI=1S/C12H15BrO2/c1-9(2)15-11-5-3-10(4-6-11)12(14)7-8-13/h3-6,9H,7-8H2,1-2H3. The summed E-state index contributed by atoms with van der Waals surface area (Å²) in [6, 6.07) is 7.29. The lowest BCUT2D eigenvalue weighted by molar-refractivity contribution is 0.0990. The van der Waals surface area contributed by atoms with Crippen LogP contribution in [-0.4, -0.2) is 17.2 Å². The molecule has 0 heterocycles. The van der Waals surface area contributed by atoms with Gasteiger partial charge >= 0.3 is 0 Å². The van der Waals surface area contributed by atoms with Gasteiger partial charge in [-0.2, -0.15) is 0 Å². The number of carbonyl (C=O) groups is 1. The molecule has 0 atom stereocenters. The molecule has 82 valence electrons. The van der Waals surface area contributed by atoms with Gasteiger partial charge in [-0.1, -0.05) is 15.9 Å². The second kappa shape index (κ2) is 5.91. The zero-order valence-corrected chi connectivity index (χ0v) is 10.6. The van der Waals surface area contributed by atoms with Gasteiger partial charge in [0.25, 0.3) is 0 Å². The first-order chi connectivity index (χ1) is 7.13. The summed E-state index contributed by atoms with van der Waals surface area (Å²) in [6.07, 6.45) is 0.693. The lowest BCUT2D eigenvalue weighted by Gasteiger charge is -2.09. The average Bonchev–Trinajstić information content (AvgIpc) is 2.18. The molecule has 0 aliphatic rings. The number of halogens is 1. The Bertz CT molecular complexity index is 317. The Kier molecular flexibility index (Phi) is 4.82. The lowest BCUT2D eigenvalue weighted by atomic mass is 10.1. The van der Waals surface area contributed by atoms with Gasteiger partial charge in [0.05, 0.1) is 6.10 Å². The van der Waals surface area contributed by atoms with Crippen LogP contribution in [0.5, 0.6) is 5.75 Å². The van der Waals surface area contributed by atoms with Crippen molar-refractivity contribution < 1.29 is 9.53 Å². The SMILES string of the molecule is CC(C)Oc1ccc(C(=O)CCBr)cc1. The molecule has 3 heteroatoms. The second-order valence-corrected chi connectivity index (χ2v) is 4.35. The second-order valence-electron chi connectivity index (χ2n) is 3.55. The molecule has 0 spiro atoms. The molecule has 0 bridgehead atoms. The van der Waals surface area contributed by atoms with E-state index in [4.69, 9.17) is 4.74 Å². The zero-order chi connectivity index (χ0) is 11.3. The Labute approximate surface area is 98.8 Å². The highest BCUT2D eigenvalue weighted by molar-refractivity contribution is 9.09. The van der Waals surface area contributed by atoms with Gasteiger partial charge in [0.2, 0.25) is 0 Å². The number of ketones is 1. The molecule has 1 rings (SSSR count). The van der Waals surface area contributed by atoms with Crippen molar-refractivity contribution in [2.24, 2.45) is 0 Å². The molecule has 0 aliphatic carbocycles. The van der Waals surface area contributed by atoms with E-state index in [1.807, 2.05) is 38.1 Å². The Balaban J connectivity index is 2.67. The molecule has 1 aromatic carbocycles. The van der Waals surface area contributed by atoms with E-state index in [1.165, 1.54) is 0 Å². The fraction of sp³-hybridized carbons (Fsp3) is 0.417. The zero-order valence-electron chi connectivity index (χ0n) is 9.00. The molecule has 0 aliphatic heterocycles. The van der Waals surface area contributed by atoms with Crippen molar-refractivity contribution in [2.45, 2.75) is 26.4 Å². The Hall–Kier alpha value is -0.830. The highest BCUT2D eigenvalue weighted by Crippen LogP contribution is 2.15. The number of rotatable bonds is 5. The van der Waals surface area contributed by atoms with Crippen LogP contribution in [0.2, 0.25) is 0 Å². The molecule has 1 aromatic rings. The highest BCUT2D eigenvalue weighted by atomic mass is 79.9. The van der Waals surface area contributed by atoms with Crippen LogP contribution in [0.15, 0.2) is 24.3 Å². The Morgan fingerprint density at radius 2 is 1.93 bits per heavy atom. The van der Waals surface area contributed by atoms with Gasteiger partial charge in [0.15, 0.2) is 5.78 Å². The number of alkyl halides is 1. The van der Waals surface area contributed by atoms with Gasteiger partial charge in [-0.15, -0.1) is 0 Å². The van der Waals surface area contributed by atoms with Crippen molar-refractivity contribution in [1.29, 1.82) is 0 Å². The van der Waals surface area contributed by atoms with Gasteiger partial charge in [0, 0.05) is 17.3 Å². The van der Waals surface area contributed by atoms with Crippen LogP contribution in [0.3, 0.4) is 0 Å². The number of benzene rings is 1. The summed E-state index contributed by atoms with van der Waals surface area (Å²) in [4.78, 5) is 11.5. The third kappa shape index (κ3) is 4.04. The van der Waals surface area contributed by atoms with E-state index < -0.39 is 0 Å². The maximum absolute atomic E-state index is 11.5.